The molecule has 3 heteroatoms. The van der Waals surface area contributed by atoms with Gasteiger partial charge in [-0.2, -0.15) is 0 Å². The van der Waals surface area contributed by atoms with Crippen molar-refractivity contribution in [3.63, 3.8) is 0 Å². The Kier molecular flexibility index (Phi) is 7.05. The molecular formula is C9H19NO2. The Bertz CT molecular complexity index is 124. The van der Waals surface area contributed by atoms with E-state index in [-0.39, 0.29) is 6.10 Å². The Hall–Kier alpha value is -0.380. The molecule has 3 nitrogen and oxygen atoms in total. The van der Waals surface area contributed by atoms with Crippen molar-refractivity contribution in [2.45, 2.75) is 20.0 Å². The van der Waals surface area contributed by atoms with Gasteiger partial charge in [0.25, 0.3) is 0 Å². The minimum absolute atomic E-state index is 0.270. The van der Waals surface area contributed by atoms with Crippen LogP contribution in [0.2, 0.25) is 0 Å². The van der Waals surface area contributed by atoms with E-state index in [1.165, 1.54) is 0 Å². The maximum absolute atomic E-state index is 5.32. The average Bonchev–Trinajstić information content (AvgIpc) is 2.03. The summed E-state index contributed by atoms with van der Waals surface area (Å²) in [7, 11) is 0. The van der Waals surface area contributed by atoms with E-state index in [1.54, 1.807) is 0 Å². The molecule has 0 saturated carbocycles. The molecule has 0 bridgehead atoms. The lowest BCUT2D eigenvalue weighted by atomic mass is 10.3. The Morgan fingerprint density at radius 3 is 2.58 bits per heavy atom. The minimum atomic E-state index is 0.270. The SMILES string of the molecule is C=C(CN)COCCOC(C)C. The van der Waals surface area contributed by atoms with Gasteiger partial charge in [0.05, 0.1) is 25.9 Å². The normalized spacial score (nSPS) is 10.7. The van der Waals surface area contributed by atoms with Gasteiger partial charge in [-0.3, -0.25) is 0 Å². The van der Waals surface area contributed by atoms with Crippen LogP contribution >= 0.6 is 0 Å². The number of hydrogen-bond donors (Lipinski definition) is 1. The second-order valence-corrected chi connectivity index (χ2v) is 2.93. The number of rotatable bonds is 7. The molecule has 0 aliphatic rings. The van der Waals surface area contributed by atoms with Gasteiger partial charge in [-0.25, -0.2) is 0 Å². The van der Waals surface area contributed by atoms with Crippen LogP contribution in [0.5, 0.6) is 0 Å². The molecule has 0 aliphatic carbocycles. The van der Waals surface area contributed by atoms with Crippen LogP contribution in [0.1, 0.15) is 13.8 Å². The van der Waals surface area contributed by atoms with Gasteiger partial charge in [-0.1, -0.05) is 6.58 Å². The average molecular weight is 173 g/mol. The third-order valence-corrected chi connectivity index (χ3v) is 1.27. The Morgan fingerprint density at radius 1 is 1.42 bits per heavy atom. The fourth-order valence-electron chi connectivity index (χ4n) is 0.618. The lowest BCUT2D eigenvalue weighted by Gasteiger charge is -2.08. The van der Waals surface area contributed by atoms with Crippen LogP contribution in [0.25, 0.3) is 0 Å². The van der Waals surface area contributed by atoms with Gasteiger partial charge in [0.2, 0.25) is 0 Å². The van der Waals surface area contributed by atoms with Crippen molar-refractivity contribution in [1.29, 1.82) is 0 Å². The molecule has 12 heavy (non-hydrogen) atoms. The van der Waals surface area contributed by atoms with Crippen molar-refractivity contribution in [3.05, 3.63) is 12.2 Å². The van der Waals surface area contributed by atoms with Crippen molar-refractivity contribution >= 4 is 0 Å². The predicted octanol–water partition coefficient (Wildman–Crippen LogP) is 0.943. The zero-order valence-corrected chi connectivity index (χ0v) is 8.01. The molecule has 0 aromatic heterocycles. The summed E-state index contributed by atoms with van der Waals surface area (Å²) in [5, 5.41) is 0. The van der Waals surface area contributed by atoms with Gasteiger partial charge >= 0.3 is 0 Å². The fourth-order valence-corrected chi connectivity index (χ4v) is 0.618. The summed E-state index contributed by atoms with van der Waals surface area (Å²) in [5.74, 6) is 0. The van der Waals surface area contributed by atoms with Crippen LogP contribution in [0.3, 0.4) is 0 Å². The number of nitrogens with two attached hydrogens (primary N) is 1. The van der Waals surface area contributed by atoms with E-state index in [0.29, 0.717) is 26.4 Å². The van der Waals surface area contributed by atoms with Crippen LogP contribution in [0, 0.1) is 0 Å². The monoisotopic (exact) mass is 173 g/mol. The minimum Gasteiger partial charge on any atom is -0.376 e. The van der Waals surface area contributed by atoms with Crippen molar-refractivity contribution in [2.24, 2.45) is 5.73 Å². The third-order valence-electron chi connectivity index (χ3n) is 1.27. The maximum Gasteiger partial charge on any atom is 0.0705 e. The van der Waals surface area contributed by atoms with Crippen LogP contribution in [0.4, 0.5) is 0 Å². The van der Waals surface area contributed by atoms with Gasteiger partial charge in [0, 0.05) is 6.54 Å². The Balaban J connectivity index is 3.05. The fraction of sp³-hybridized carbons (Fsp3) is 0.778. The molecule has 0 rings (SSSR count). The Morgan fingerprint density at radius 2 is 2.08 bits per heavy atom. The molecule has 0 saturated heterocycles. The molecular weight excluding hydrogens is 154 g/mol. The summed E-state index contributed by atoms with van der Waals surface area (Å²) in [6.07, 6.45) is 0.270. The Labute approximate surface area is 74.5 Å². The van der Waals surface area contributed by atoms with E-state index < -0.39 is 0 Å². The van der Waals surface area contributed by atoms with Crippen LogP contribution in [0.15, 0.2) is 12.2 Å². The van der Waals surface area contributed by atoms with Crippen molar-refractivity contribution in [2.75, 3.05) is 26.4 Å². The molecule has 0 unspecified atom stereocenters. The number of hydrogen-bond acceptors (Lipinski definition) is 3. The maximum atomic E-state index is 5.32. The summed E-state index contributed by atoms with van der Waals surface area (Å²) >= 11 is 0. The lowest BCUT2D eigenvalue weighted by molar-refractivity contribution is 0.0253. The van der Waals surface area contributed by atoms with Crippen LogP contribution in [-0.4, -0.2) is 32.5 Å². The highest BCUT2D eigenvalue weighted by Gasteiger charge is 1.94. The van der Waals surface area contributed by atoms with E-state index in [4.69, 9.17) is 15.2 Å². The smallest absolute Gasteiger partial charge is 0.0705 e. The zero-order valence-electron chi connectivity index (χ0n) is 8.01. The van der Waals surface area contributed by atoms with E-state index in [2.05, 4.69) is 6.58 Å². The van der Waals surface area contributed by atoms with Crippen LogP contribution in [-0.2, 0) is 9.47 Å². The van der Waals surface area contributed by atoms with Gasteiger partial charge in [0.15, 0.2) is 0 Å². The molecule has 0 aromatic rings. The highest BCUT2D eigenvalue weighted by atomic mass is 16.5. The van der Waals surface area contributed by atoms with Gasteiger partial charge in [-0.15, -0.1) is 0 Å². The van der Waals surface area contributed by atoms with Crippen molar-refractivity contribution in [1.82, 2.24) is 0 Å². The first-order valence-electron chi connectivity index (χ1n) is 4.23. The van der Waals surface area contributed by atoms with Gasteiger partial charge in [-0.05, 0) is 19.4 Å². The van der Waals surface area contributed by atoms with Crippen LogP contribution < -0.4 is 5.73 Å². The first kappa shape index (κ1) is 11.6. The van der Waals surface area contributed by atoms with Gasteiger partial charge < -0.3 is 15.2 Å². The predicted molar refractivity (Wildman–Crippen MR) is 50.1 cm³/mol. The van der Waals surface area contributed by atoms with E-state index >= 15 is 0 Å². The second-order valence-electron chi connectivity index (χ2n) is 2.93. The molecule has 0 spiro atoms. The summed E-state index contributed by atoms with van der Waals surface area (Å²) in [6, 6.07) is 0. The summed E-state index contributed by atoms with van der Waals surface area (Å²) in [6.45, 7) is 9.99. The quantitative estimate of drug-likeness (QED) is 0.460. The molecule has 2 N–H and O–H groups in total. The third kappa shape index (κ3) is 7.72. The molecule has 0 aliphatic heterocycles. The summed E-state index contributed by atoms with van der Waals surface area (Å²) < 4.78 is 10.5. The molecule has 0 radical (unpaired) electrons. The number of ether oxygens (including phenoxy) is 2. The van der Waals surface area contributed by atoms with Crippen molar-refractivity contribution in [3.8, 4) is 0 Å². The molecule has 0 heterocycles. The van der Waals surface area contributed by atoms with Crippen molar-refractivity contribution < 1.29 is 9.47 Å². The standard InChI is InChI=1S/C9H19NO2/c1-8(2)12-5-4-11-7-9(3)6-10/h8H,3-7,10H2,1-2H3. The first-order chi connectivity index (χ1) is 5.66. The highest BCUT2D eigenvalue weighted by Crippen LogP contribution is 1.90. The van der Waals surface area contributed by atoms with E-state index in [0.717, 1.165) is 5.57 Å². The van der Waals surface area contributed by atoms with E-state index in [1.807, 2.05) is 13.8 Å². The summed E-state index contributed by atoms with van der Waals surface area (Å²) in [4.78, 5) is 0. The molecule has 0 atom stereocenters. The molecule has 0 aromatic carbocycles. The molecule has 0 amide bonds. The first-order valence-corrected chi connectivity index (χ1v) is 4.23. The topological polar surface area (TPSA) is 44.5 Å². The molecule has 0 fully saturated rings. The lowest BCUT2D eigenvalue weighted by Crippen LogP contribution is -2.13. The zero-order chi connectivity index (χ0) is 9.40. The molecule has 72 valence electrons. The highest BCUT2D eigenvalue weighted by molar-refractivity contribution is 4.95. The summed E-state index contributed by atoms with van der Waals surface area (Å²) in [5.41, 5.74) is 6.24. The van der Waals surface area contributed by atoms with Gasteiger partial charge in [0.1, 0.15) is 0 Å². The largest absolute Gasteiger partial charge is 0.376 e. The van der Waals surface area contributed by atoms with E-state index in [9.17, 15) is 0 Å². The second kappa shape index (κ2) is 7.28.